The van der Waals surface area contributed by atoms with Gasteiger partial charge in [0.05, 0.1) is 18.6 Å². The molecule has 0 spiro atoms. The highest BCUT2D eigenvalue weighted by atomic mass is 16.5. The number of benzene rings is 1. The van der Waals surface area contributed by atoms with Crippen LogP contribution in [-0.2, 0) is 5.41 Å². The molecule has 2 nitrogen and oxygen atoms in total. The van der Waals surface area contributed by atoms with Crippen LogP contribution in [0.25, 0.3) is 0 Å². The molecule has 0 heterocycles. The van der Waals surface area contributed by atoms with Crippen LogP contribution in [0.1, 0.15) is 25.3 Å². The van der Waals surface area contributed by atoms with Crippen LogP contribution in [0.2, 0.25) is 0 Å². The molecule has 1 saturated carbocycles. The van der Waals surface area contributed by atoms with Gasteiger partial charge < -0.3 is 4.74 Å². The molecule has 1 aliphatic rings. The minimum atomic E-state index is -0.269. The summed E-state index contributed by atoms with van der Waals surface area (Å²) < 4.78 is 5.19. The Morgan fingerprint density at radius 2 is 2.33 bits per heavy atom. The molecule has 0 radical (unpaired) electrons. The Kier molecular flexibility index (Phi) is 2.40. The molecule has 0 N–H and O–H groups in total. The zero-order valence-corrected chi connectivity index (χ0v) is 9.16. The second kappa shape index (κ2) is 3.58. The van der Waals surface area contributed by atoms with Gasteiger partial charge in [0.2, 0.25) is 0 Å². The summed E-state index contributed by atoms with van der Waals surface area (Å²) in [7, 11) is 1.66. The Hall–Kier alpha value is -1.49. The third-order valence-corrected chi connectivity index (χ3v) is 3.60. The molecule has 0 saturated heterocycles. The molecular formula is C13H15NO. The Morgan fingerprint density at radius 3 is 2.80 bits per heavy atom. The van der Waals surface area contributed by atoms with Crippen molar-refractivity contribution in [3.8, 4) is 11.8 Å². The van der Waals surface area contributed by atoms with Crippen LogP contribution in [0, 0.1) is 17.2 Å². The molecule has 1 fully saturated rings. The number of nitriles is 1. The summed E-state index contributed by atoms with van der Waals surface area (Å²) in [6.45, 7) is 2.15. The van der Waals surface area contributed by atoms with E-state index in [1.807, 2.05) is 24.3 Å². The van der Waals surface area contributed by atoms with E-state index in [9.17, 15) is 5.26 Å². The van der Waals surface area contributed by atoms with Crippen LogP contribution in [-0.4, -0.2) is 7.11 Å². The van der Waals surface area contributed by atoms with Crippen LogP contribution in [0.4, 0.5) is 0 Å². The van der Waals surface area contributed by atoms with Crippen molar-refractivity contribution in [2.75, 3.05) is 7.11 Å². The van der Waals surface area contributed by atoms with Gasteiger partial charge in [-0.3, -0.25) is 0 Å². The summed E-state index contributed by atoms with van der Waals surface area (Å²) >= 11 is 0. The lowest BCUT2D eigenvalue weighted by atomic mass is 9.58. The lowest BCUT2D eigenvalue weighted by molar-refractivity contribution is 0.201. The highest BCUT2D eigenvalue weighted by molar-refractivity contribution is 5.41. The van der Waals surface area contributed by atoms with Crippen molar-refractivity contribution >= 4 is 0 Å². The van der Waals surface area contributed by atoms with E-state index in [-0.39, 0.29) is 5.41 Å². The van der Waals surface area contributed by atoms with Crippen LogP contribution < -0.4 is 4.74 Å². The molecule has 1 aromatic rings. The minimum absolute atomic E-state index is 0.269. The maximum atomic E-state index is 9.33. The molecule has 1 aromatic carbocycles. The van der Waals surface area contributed by atoms with Crippen LogP contribution in [0.3, 0.4) is 0 Å². The van der Waals surface area contributed by atoms with Gasteiger partial charge in [0.1, 0.15) is 5.75 Å². The maximum absolute atomic E-state index is 9.33. The van der Waals surface area contributed by atoms with E-state index in [0.29, 0.717) is 5.92 Å². The number of hydrogen-bond donors (Lipinski definition) is 0. The third kappa shape index (κ3) is 1.39. The van der Waals surface area contributed by atoms with E-state index in [0.717, 1.165) is 24.2 Å². The highest BCUT2D eigenvalue weighted by Crippen LogP contribution is 2.48. The lowest BCUT2D eigenvalue weighted by Crippen LogP contribution is -2.41. The molecule has 0 aromatic heterocycles. The van der Waals surface area contributed by atoms with E-state index in [1.165, 1.54) is 0 Å². The molecule has 0 bridgehead atoms. The molecule has 78 valence electrons. The fourth-order valence-corrected chi connectivity index (χ4v) is 2.28. The Bertz CT molecular complexity index is 407. The molecule has 1 aliphatic carbocycles. The standard InChI is InChI=1S/C13H15NO/c1-10-6-7-13(10,9-14)11-4-3-5-12(8-11)15-2/h3-5,8,10H,6-7H2,1-2H3. The summed E-state index contributed by atoms with van der Waals surface area (Å²) in [5.74, 6) is 1.29. The van der Waals surface area contributed by atoms with Gasteiger partial charge in [-0.2, -0.15) is 5.26 Å². The Balaban J connectivity index is 2.40. The number of hydrogen-bond acceptors (Lipinski definition) is 2. The summed E-state index contributed by atoms with van der Waals surface area (Å²) in [5, 5.41) is 9.33. The highest BCUT2D eigenvalue weighted by Gasteiger charge is 2.45. The largest absolute Gasteiger partial charge is 0.497 e. The Labute approximate surface area is 90.5 Å². The SMILES string of the molecule is COc1cccc(C2(C#N)CCC2C)c1. The first-order valence-corrected chi connectivity index (χ1v) is 5.29. The van der Waals surface area contributed by atoms with Gasteiger partial charge in [-0.25, -0.2) is 0 Å². The summed E-state index contributed by atoms with van der Waals surface area (Å²) in [5.41, 5.74) is 0.831. The number of methoxy groups -OCH3 is 1. The van der Waals surface area contributed by atoms with Gasteiger partial charge in [0, 0.05) is 0 Å². The molecule has 2 atom stereocenters. The molecule has 2 unspecified atom stereocenters. The number of ether oxygens (including phenoxy) is 1. The fraction of sp³-hybridized carbons (Fsp3) is 0.462. The van der Waals surface area contributed by atoms with E-state index in [4.69, 9.17) is 4.74 Å². The smallest absolute Gasteiger partial charge is 0.119 e. The van der Waals surface area contributed by atoms with Crippen molar-refractivity contribution in [2.45, 2.75) is 25.2 Å². The second-order valence-electron chi connectivity index (χ2n) is 4.25. The summed E-state index contributed by atoms with van der Waals surface area (Å²) in [4.78, 5) is 0. The van der Waals surface area contributed by atoms with Crippen molar-refractivity contribution in [3.63, 3.8) is 0 Å². The van der Waals surface area contributed by atoms with Crippen LogP contribution in [0.15, 0.2) is 24.3 Å². The predicted molar refractivity (Wildman–Crippen MR) is 58.7 cm³/mol. The summed E-state index contributed by atoms with van der Waals surface area (Å²) in [6.07, 6.45) is 2.11. The quantitative estimate of drug-likeness (QED) is 0.737. The van der Waals surface area contributed by atoms with Crippen LogP contribution >= 0.6 is 0 Å². The normalized spacial score (nSPS) is 29.0. The lowest BCUT2D eigenvalue weighted by Gasteiger charge is -2.42. The van der Waals surface area contributed by atoms with Crippen molar-refractivity contribution in [2.24, 2.45) is 5.92 Å². The second-order valence-corrected chi connectivity index (χ2v) is 4.25. The molecule has 0 amide bonds. The van der Waals surface area contributed by atoms with Gasteiger partial charge >= 0.3 is 0 Å². The number of nitrogens with zero attached hydrogens (tertiary/aromatic N) is 1. The maximum Gasteiger partial charge on any atom is 0.119 e. The number of rotatable bonds is 2. The Morgan fingerprint density at radius 1 is 1.53 bits per heavy atom. The monoisotopic (exact) mass is 201 g/mol. The van der Waals surface area contributed by atoms with Gasteiger partial charge in [-0.05, 0) is 36.5 Å². The first-order chi connectivity index (χ1) is 7.23. The van der Waals surface area contributed by atoms with E-state index >= 15 is 0 Å². The van der Waals surface area contributed by atoms with Crippen molar-refractivity contribution in [1.29, 1.82) is 5.26 Å². The van der Waals surface area contributed by atoms with Gasteiger partial charge in [0.25, 0.3) is 0 Å². The molecule has 15 heavy (non-hydrogen) atoms. The van der Waals surface area contributed by atoms with Gasteiger partial charge in [-0.1, -0.05) is 19.1 Å². The van der Waals surface area contributed by atoms with Crippen molar-refractivity contribution in [1.82, 2.24) is 0 Å². The zero-order valence-electron chi connectivity index (χ0n) is 9.16. The topological polar surface area (TPSA) is 33.0 Å². The molecule has 0 aliphatic heterocycles. The first-order valence-electron chi connectivity index (χ1n) is 5.29. The average Bonchev–Trinajstić information content (AvgIpc) is 2.29. The van der Waals surface area contributed by atoms with Crippen molar-refractivity contribution in [3.05, 3.63) is 29.8 Å². The summed E-state index contributed by atoms with van der Waals surface area (Å²) in [6, 6.07) is 10.4. The van der Waals surface area contributed by atoms with Crippen LogP contribution in [0.5, 0.6) is 5.75 Å². The zero-order chi connectivity index (χ0) is 10.9. The van der Waals surface area contributed by atoms with Crippen molar-refractivity contribution < 1.29 is 4.74 Å². The third-order valence-electron chi connectivity index (χ3n) is 3.60. The minimum Gasteiger partial charge on any atom is -0.497 e. The van der Waals surface area contributed by atoms with Gasteiger partial charge in [0.15, 0.2) is 0 Å². The fourth-order valence-electron chi connectivity index (χ4n) is 2.28. The van der Waals surface area contributed by atoms with E-state index in [2.05, 4.69) is 13.0 Å². The van der Waals surface area contributed by atoms with Gasteiger partial charge in [-0.15, -0.1) is 0 Å². The molecular weight excluding hydrogens is 186 g/mol. The predicted octanol–water partition coefficient (Wildman–Crippen LogP) is 2.89. The molecule has 2 heteroatoms. The van der Waals surface area contributed by atoms with E-state index in [1.54, 1.807) is 7.11 Å². The van der Waals surface area contributed by atoms with E-state index < -0.39 is 0 Å². The molecule has 2 rings (SSSR count). The first kappa shape index (κ1) is 10.0. The average molecular weight is 201 g/mol.